The number of nitrogens with zero attached hydrogens (tertiary/aromatic N) is 4. The average Bonchev–Trinajstić information content (AvgIpc) is 1.64. The number of primary amides is 2. The maximum Gasteiger partial charge on any atom is 0.243 e. The Balaban J connectivity index is 0.000000366. The third kappa shape index (κ3) is 37.6. The highest BCUT2D eigenvalue weighted by Gasteiger charge is 2.44. The number of Topliss-reactive ketones (excluding diaryl/α,β-unsaturated/α-hetero) is 4. The maximum absolute atomic E-state index is 14.5. The summed E-state index contributed by atoms with van der Waals surface area (Å²) in [4.78, 5) is 233. The lowest BCUT2D eigenvalue weighted by Gasteiger charge is -2.30. The molecule has 4 aromatic rings. The minimum absolute atomic E-state index is 0.0730. The van der Waals surface area contributed by atoms with E-state index < -0.39 is 210 Å². The number of aliphatic hydroxyl groups excluding tert-OH is 2. The molecule has 3 aromatic carbocycles. The van der Waals surface area contributed by atoms with E-state index in [0.29, 0.717) is 103 Å². The quantitative estimate of drug-likeness (QED) is 0.0203. The first-order valence-electron chi connectivity index (χ1n) is 45.2. The highest BCUT2D eigenvalue weighted by molar-refractivity contribution is 7.99. The second kappa shape index (κ2) is 56.6. The Morgan fingerprint density at radius 2 is 0.910 bits per heavy atom. The van der Waals surface area contributed by atoms with Crippen LogP contribution >= 0.6 is 58.1 Å². The van der Waals surface area contributed by atoms with Crippen LogP contribution in [0.1, 0.15) is 165 Å². The molecule has 22 N–H and O–H groups in total. The van der Waals surface area contributed by atoms with E-state index >= 15 is 0 Å². The van der Waals surface area contributed by atoms with Gasteiger partial charge in [0.05, 0.1) is 56.1 Å². The topological polar surface area (TPSA) is 597 Å². The largest absolute Gasteiger partial charge is 0.394 e. The number of thiophene rings is 1. The third-order valence-electron chi connectivity index (χ3n) is 23.4. The Kier molecular flexibility index (Phi) is 46.6. The van der Waals surface area contributed by atoms with Crippen LogP contribution in [0.25, 0.3) is 0 Å². The monoisotopic (exact) mass is 1960 g/mol. The number of amides is 12. The number of hydrogen-bond donors (Lipinski definition) is 16. The lowest BCUT2D eigenvalue weighted by atomic mass is 9.91. The number of thioether (sulfide) groups is 2. The number of ketones is 4. The van der Waals surface area contributed by atoms with Crippen LogP contribution in [0.2, 0.25) is 10.0 Å². The van der Waals surface area contributed by atoms with Crippen molar-refractivity contribution in [3.63, 3.8) is 0 Å². The van der Waals surface area contributed by atoms with Gasteiger partial charge in [0, 0.05) is 122 Å². The van der Waals surface area contributed by atoms with Crippen LogP contribution in [0.15, 0.2) is 100 Å². The Morgan fingerprint density at radius 3 is 1.34 bits per heavy atom. The fourth-order valence-electron chi connectivity index (χ4n) is 16.1. The Labute approximate surface area is 802 Å². The van der Waals surface area contributed by atoms with Gasteiger partial charge in [0.25, 0.3) is 0 Å². The highest BCUT2D eigenvalue weighted by atomic mass is 35.5. The number of hydrogen-bond acceptors (Lipinski definition) is 23. The zero-order chi connectivity index (χ0) is 98.3. The van der Waals surface area contributed by atoms with E-state index in [4.69, 9.17) is 57.6 Å². The molecule has 1 aromatic heterocycles. The fraction of sp³-hybridized carbons (Fsp3) is 0.565. The summed E-state index contributed by atoms with van der Waals surface area (Å²) in [5, 5.41) is 44.7. The number of halogens is 3. The normalized spacial score (nSPS) is 23.4. The summed E-state index contributed by atoms with van der Waals surface area (Å²) in [6, 6.07) is 11.6. The number of nitrogens with two attached hydrogens (primary N) is 6. The van der Waals surface area contributed by atoms with Crippen LogP contribution in [-0.2, 0) is 102 Å². The Morgan fingerprint density at radius 1 is 0.485 bits per heavy atom. The van der Waals surface area contributed by atoms with Crippen molar-refractivity contribution < 1.29 is 91.3 Å². The van der Waals surface area contributed by atoms with Gasteiger partial charge >= 0.3 is 0 Å². The molecule has 4 fully saturated rings. The summed E-state index contributed by atoms with van der Waals surface area (Å²) in [7, 11) is 0. The van der Waals surface area contributed by atoms with Crippen molar-refractivity contribution >= 4 is 164 Å². The van der Waals surface area contributed by atoms with Crippen LogP contribution < -0.4 is 76.9 Å². The van der Waals surface area contributed by atoms with Gasteiger partial charge in [-0.2, -0.15) is 23.5 Å². The minimum atomic E-state index is -1.51. The first kappa shape index (κ1) is 110. The molecule has 0 spiro atoms. The van der Waals surface area contributed by atoms with E-state index in [-0.39, 0.29) is 120 Å². The summed E-state index contributed by atoms with van der Waals surface area (Å²) in [5.41, 5.74) is 34.7. The maximum atomic E-state index is 14.5. The van der Waals surface area contributed by atoms with Gasteiger partial charge in [-0.3, -0.25) is 86.7 Å². The molecule has 8 rings (SSSR count). The van der Waals surface area contributed by atoms with Crippen LogP contribution in [0.3, 0.4) is 0 Å². The smallest absolute Gasteiger partial charge is 0.243 e. The van der Waals surface area contributed by atoms with Crippen LogP contribution in [0, 0.1) is 41.3 Å². The lowest BCUT2D eigenvalue weighted by Crippen LogP contribution is -2.58. The standard InChI is InChI=1S/C47H65ClFN9O9S.C45H64ClN9O9S2/c1-27(2)41-45(66)55-36(24-40(50)62)39(61)23-31(46(67)58-18-4-8-38(58)44(65)54-34(25-59)6-3-17-53-47(51)52)26-68-19-5-7-35(60)22-30(20-28-9-13-32(48)14-10-28)42(63)56-37(43(64)57-41)21-29-11-15-33(49)16-12-29;1-26(2)39-43(63)52-34(24-38(47)59)37(58)22-28(44(64)55-16-4-8-36(55)42(62)51-31(25-56)6-3-15-50-45(48)49)13-18-65-19-14-32(57)21-29(20-27-9-11-30(46)12-10-27)40(60)53-35(41(61)54-39)23-33-7-5-17-66-33/h9-16,27,30-31,34,36-38,41,59H,3-8,17-26H2,1-2H3,(H2,50,62)(H,54,65)(H,55,66)(H,56,63)(H,57,64)(H4,51,52,53);5,7,9-12,17,26,28-29,31,34-36,39,56H,3-4,6,8,13-16,18-25H2,1-2H3,(H2,47,59)(H,51,62)(H,52,63)(H,53,60)(H,54,61)(H4,48,49,50)/t30-,31+,34-,36+,37+,38+,41+;28-,29-,31-,34+,35+,36+,39+/m11/s1. The number of aliphatic imine (C=N–C) groups is 2. The van der Waals surface area contributed by atoms with E-state index in [1.807, 2.05) is 11.4 Å². The fourth-order valence-corrected chi connectivity index (χ4v) is 19.2. The van der Waals surface area contributed by atoms with Gasteiger partial charge in [0.15, 0.2) is 23.5 Å². The highest BCUT2D eigenvalue weighted by Crippen LogP contribution is 2.31. The van der Waals surface area contributed by atoms with Crippen LogP contribution in [0.5, 0.6) is 0 Å². The van der Waals surface area contributed by atoms with Gasteiger partial charge in [-0.15, -0.1) is 11.3 Å². The van der Waals surface area contributed by atoms with E-state index in [9.17, 15) is 91.3 Å². The van der Waals surface area contributed by atoms with E-state index in [1.54, 1.807) is 82.3 Å². The molecule has 36 nitrogen and oxygen atoms in total. The SMILES string of the molecule is CC(C)[C@@H]1NC(=O)[C@H](Cc2ccc(F)cc2)NC(=O)[C@H](Cc2ccc(Cl)cc2)CC(=O)CCCSC[C@@H](C(=O)N2CCC[C@H]2C(=O)N[C@@H](CO)CCCN=C(N)N)CC(=O)[C@H](CC(N)=O)NC1=O.CC(C)[C@@H]1NC(=O)[C@H](Cc2cccs2)NC(=O)[C@H](Cc2ccc(Cl)cc2)CC(=O)CCSCC[C@@H](C(=O)N2CCC[C@H]2C(=O)N[C@@H](CO)CCCN=C(N)N)CC(=O)[C@H](CC(N)=O)NC1=O. The van der Waals surface area contributed by atoms with Crippen molar-refractivity contribution in [3.05, 3.63) is 128 Å². The number of nitrogens with one attached hydrogen (secondary N) is 8. The zero-order valence-electron chi connectivity index (χ0n) is 76.1. The van der Waals surface area contributed by atoms with Crippen molar-refractivity contribution in [3.8, 4) is 0 Å². The number of rotatable bonds is 30. The van der Waals surface area contributed by atoms with E-state index in [2.05, 4.69) is 52.5 Å². The number of aliphatic hydroxyl groups is 2. The van der Waals surface area contributed by atoms with Crippen molar-refractivity contribution in [2.24, 2.45) is 79.9 Å². The minimum Gasteiger partial charge on any atom is -0.394 e. The number of likely N-dealkylation sites (tertiary alicyclic amines) is 2. The molecular weight excluding hydrogens is 1830 g/mol. The molecule has 14 atom stereocenters. The summed E-state index contributed by atoms with van der Waals surface area (Å²) in [5.74, 6) is -14.3. The van der Waals surface area contributed by atoms with Crippen LogP contribution in [-0.4, -0.2) is 249 Å². The van der Waals surface area contributed by atoms with Gasteiger partial charge in [-0.25, -0.2) is 4.39 Å². The number of guanidine groups is 2. The molecule has 5 heterocycles. The van der Waals surface area contributed by atoms with Crippen molar-refractivity contribution in [1.82, 2.24) is 52.3 Å². The zero-order valence-corrected chi connectivity index (χ0v) is 80.0. The van der Waals surface area contributed by atoms with Crippen molar-refractivity contribution in [1.29, 1.82) is 0 Å². The number of carbonyl (C=O) groups excluding carboxylic acids is 16. The van der Waals surface area contributed by atoms with Crippen molar-refractivity contribution in [2.75, 3.05) is 62.4 Å². The Hall–Kier alpha value is -10.6. The molecule has 4 saturated heterocycles. The van der Waals surface area contributed by atoms with Gasteiger partial charge in [0.1, 0.15) is 53.6 Å². The molecule has 0 saturated carbocycles. The first-order valence-corrected chi connectivity index (χ1v) is 49.2. The van der Waals surface area contributed by atoms with Gasteiger partial charge in [-0.1, -0.05) is 93.4 Å². The lowest BCUT2D eigenvalue weighted by molar-refractivity contribution is -0.143. The average molecular weight is 1960 g/mol. The van der Waals surface area contributed by atoms with Gasteiger partial charge in [-0.05, 0) is 165 Å². The molecule has 734 valence electrons. The second-order valence-electron chi connectivity index (χ2n) is 34.8. The predicted octanol–water partition coefficient (Wildman–Crippen LogP) is 2.82. The molecule has 0 unspecified atom stereocenters. The molecule has 4 aliphatic heterocycles. The summed E-state index contributed by atoms with van der Waals surface area (Å²) < 4.78 is 13.9. The molecule has 0 aliphatic carbocycles. The number of carbonyl (C=O) groups is 16. The third-order valence-corrected chi connectivity index (χ3v) is 27.0. The summed E-state index contributed by atoms with van der Waals surface area (Å²) >= 11 is 16.3. The predicted molar refractivity (Wildman–Crippen MR) is 510 cm³/mol. The number of benzene rings is 3. The summed E-state index contributed by atoms with van der Waals surface area (Å²) in [6.07, 6.45) is 1.89. The Bertz CT molecular complexity index is 4710. The molecule has 42 heteroatoms. The van der Waals surface area contributed by atoms with Gasteiger partial charge < -0.3 is 96.9 Å². The van der Waals surface area contributed by atoms with Crippen LogP contribution in [0.4, 0.5) is 4.39 Å². The molecule has 0 radical (unpaired) electrons. The molecule has 4 aliphatic rings. The second-order valence-corrected chi connectivity index (χ2v) is 39.1. The van der Waals surface area contributed by atoms with Crippen molar-refractivity contribution in [2.45, 2.75) is 229 Å². The van der Waals surface area contributed by atoms with E-state index in [0.717, 1.165) is 10.4 Å². The van der Waals surface area contributed by atoms with Gasteiger partial charge in [0.2, 0.25) is 70.9 Å². The summed E-state index contributed by atoms with van der Waals surface area (Å²) in [6.45, 7) is 6.93. The van der Waals surface area contributed by atoms with E-state index in [1.165, 1.54) is 68.9 Å². The molecule has 0 bridgehead atoms. The molecular formula is C92H129Cl2FN18O18S3. The first-order chi connectivity index (χ1) is 63.8. The molecule has 134 heavy (non-hydrogen) atoms. The molecule has 12 amide bonds.